The lowest BCUT2D eigenvalue weighted by molar-refractivity contribution is 0.0495. The molecule has 23 heavy (non-hydrogen) atoms. The first kappa shape index (κ1) is 16.0. The molecule has 0 radical (unpaired) electrons. The zero-order valence-electron chi connectivity index (χ0n) is 13.3. The van der Waals surface area contributed by atoms with Gasteiger partial charge in [0.2, 0.25) is 5.76 Å². The van der Waals surface area contributed by atoms with E-state index in [1.54, 1.807) is 23.1 Å². The first-order valence-corrected chi connectivity index (χ1v) is 8.02. The number of rotatable bonds is 2. The van der Waals surface area contributed by atoms with Gasteiger partial charge in [0.1, 0.15) is 5.69 Å². The lowest BCUT2D eigenvalue weighted by Gasteiger charge is -2.42. The van der Waals surface area contributed by atoms with Crippen molar-refractivity contribution in [2.45, 2.75) is 26.3 Å². The third-order valence-corrected chi connectivity index (χ3v) is 4.68. The summed E-state index contributed by atoms with van der Waals surface area (Å²) in [5.74, 6) is 0.0944. The normalized spacial score (nSPS) is 20.5. The van der Waals surface area contributed by atoms with E-state index < -0.39 is 0 Å². The lowest BCUT2D eigenvalue weighted by Crippen LogP contribution is -2.53. The number of carbonyl (C=O) groups excluding carboxylic acids is 1. The first-order valence-electron chi connectivity index (χ1n) is 7.64. The zero-order chi connectivity index (χ0) is 16.6. The van der Waals surface area contributed by atoms with Gasteiger partial charge in [-0.25, -0.2) is 0 Å². The molecule has 0 spiro atoms. The van der Waals surface area contributed by atoms with E-state index in [-0.39, 0.29) is 23.1 Å². The van der Waals surface area contributed by atoms with Gasteiger partial charge in [0.15, 0.2) is 0 Å². The second-order valence-electron chi connectivity index (χ2n) is 6.70. The van der Waals surface area contributed by atoms with E-state index >= 15 is 0 Å². The number of halogens is 1. The highest BCUT2D eigenvalue weighted by molar-refractivity contribution is 6.30. The second-order valence-corrected chi connectivity index (χ2v) is 7.13. The molecule has 1 amide bonds. The van der Waals surface area contributed by atoms with Crippen molar-refractivity contribution in [3.8, 4) is 11.3 Å². The SMILES string of the molecule is CC1(C)CN(C(=O)c2cc(-c3cccc(Cl)c3)no2)CCC1N. The molecular weight excluding hydrogens is 314 g/mol. The van der Waals surface area contributed by atoms with Crippen LogP contribution in [0.2, 0.25) is 5.02 Å². The van der Waals surface area contributed by atoms with E-state index in [9.17, 15) is 4.79 Å². The number of aromatic nitrogens is 1. The Balaban J connectivity index is 1.79. The average molecular weight is 334 g/mol. The van der Waals surface area contributed by atoms with Crippen molar-refractivity contribution in [2.75, 3.05) is 13.1 Å². The predicted octanol–water partition coefficient (Wildman–Crippen LogP) is 3.19. The van der Waals surface area contributed by atoms with Crippen LogP contribution in [0, 0.1) is 5.41 Å². The van der Waals surface area contributed by atoms with Crippen LogP contribution in [0.25, 0.3) is 11.3 Å². The van der Waals surface area contributed by atoms with Crippen molar-refractivity contribution in [2.24, 2.45) is 11.1 Å². The Morgan fingerprint density at radius 2 is 2.22 bits per heavy atom. The van der Waals surface area contributed by atoms with Gasteiger partial charge in [-0.15, -0.1) is 0 Å². The Bertz CT molecular complexity index is 726. The lowest BCUT2D eigenvalue weighted by atomic mass is 9.79. The maximum Gasteiger partial charge on any atom is 0.292 e. The summed E-state index contributed by atoms with van der Waals surface area (Å²) < 4.78 is 5.25. The molecule has 1 aliphatic rings. The number of nitrogens with zero attached hydrogens (tertiary/aromatic N) is 2. The van der Waals surface area contributed by atoms with Gasteiger partial charge < -0.3 is 15.2 Å². The molecule has 1 saturated heterocycles. The van der Waals surface area contributed by atoms with Crippen molar-refractivity contribution in [1.82, 2.24) is 10.1 Å². The Labute approximate surface area is 140 Å². The topological polar surface area (TPSA) is 72.4 Å². The number of benzene rings is 1. The molecule has 1 unspecified atom stereocenters. The summed E-state index contributed by atoms with van der Waals surface area (Å²) in [6, 6.07) is 9.05. The number of nitrogens with two attached hydrogens (primary N) is 1. The number of likely N-dealkylation sites (tertiary alicyclic amines) is 1. The van der Waals surface area contributed by atoms with Gasteiger partial charge in [0.05, 0.1) is 0 Å². The zero-order valence-corrected chi connectivity index (χ0v) is 14.0. The summed E-state index contributed by atoms with van der Waals surface area (Å²) in [7, 11) is 0. The maximum absolute atomic E-state index is 12.6. The second kappa shape index (κ2) is 5.98. The molecule has 3 rings (SSSR count). The Morgan fingerprint density at radius 1 is 1.43 bits per heavy atom. The minimum atomic E-state index is -0.147. The summed E-state index contributed by atoms with van der Waals surface area (Å²) in [4.78, 5) is 14.4. The van der Waals surface area contributed by atoms with Crippen LogP contribution in [0.1, 0.15) is 30.8 Å². The number of amides is 1. The highest BCUT2D eigenvalue weighted by Gasteiger charge is 2.36. The van der Waals surface area contributed by atoms with Crippen LogP contribution in [-0.4, -0.2) is 35.1 Å². The maximum atomic E-state index is 12.6. The van der Waals surface area contributed by atoms with Gasteiger partial charge in [-0.2, -0.15) is 0 Å². The van der Waals surface area contributed by atoms with E-state index in [4.69, 9.17) is 21.9 Å². The van der Waals surface area contributed by atoms with E-state index in [1.807, 2.05) is 12.1 Å². The molecule has 2 heterocycles. The molecule has 0 saturated carbocycles. The van der Waals surface area contributed by atoms with Gasteiger partial charge in [-0.05, 0) is 24.0 Å². The fourth-order valence-electron chi connectivity index (χ4n) is 2.86. The van der Waals surface area contributed by atoms with Gasteiger partial charge in [-0.3, -0.25) is 4.79 Å². The average Bonchev–Trinajstić information content (AvgIpc) is 2.99. The standard InChI is InChI=1S/C17H20ClN3O2/c1-17(2)10-21(7-6-15(17)19)16(22)14-9-13(20-23-14)11-4-3-5-12(18)8-11/h3-5,8-9,15H,6-7,10,19H2,1-2H3. The van der Waals surface area contributed by atoms with Crippen molar-refractivity contribution in [3.05, 3.63) is 41.1 Å². The summed E-state index contributed by atoms with van der Waals surface area (Å²) in [6.07, 6.45) is 0.786. The Hall–Kier alpha value is -1.85. The van der Waals surface area contributed by atoms with E-state index in [2.05, 4.69) is 19.0 Å². The Kier molecular flexibility index (Phi) is 4.17. The third kappa shape index (κ3) is 3.26. The molecule has 5 nitrogen and oxygen atoms in total. The van der Waals surface area contributed by atoms with Crippen LogP contribution in [0.15, 0.2) is 34.9 Å². The van der Waals surface area contributed by atoms with Crippen molar-refractivity contribution in [1.29, 1.82) is 0 Å². The van der Waals surface area contributed by atoms with Gasteiger partial charge >= 0.3 is 0 Å². The summed E-state index contributed by atoms with van der Waals surface area (Å²) in [6.45, 7) is 5.40. The number of piperidine rings is 1. The molecule has 1 atom stereocenters. The van der Waals surface area contributed by atoms with E-state index in [1.165, 1.54) is 0 Å². The highest BCUT2D eigenvalue weighted by Crippen LogP contribution is 2.29. The minimum absolute atomic E-state index is 0.100. The van der Waals surface area contributed by atoms with Gasteiger partial charge in [0, 0.05) is 35.8 Å². The molecule has 0 aliphatic carbocycles. The monoisotopic (exact) mass is 333 g/mol. The molecule has 0 bridgehead atoms. The van der Waals surface area contributed by atoms with Crippen molar-refractivity contribution in [3.63, 3.8) is 0 Å². The van der Waals surface area contributed by atoms with Crippen LogP contribution in [0.5, 0.6) is 0 Å². The molecule has 1 aliphatic heterocycles. The smallest absolute Gasteiger partial charge is 0.292 e. The van der Waals surface area contributed by atoms with Crippen molar-refractivity contribution < 1.29 is 9.32 Å². The third-order valence-electron chi connectivity index (χ3n) is 4.44. The van der Waals surface area contributed by atoms with E-state index in [0.717, 1.165) is 12.0 Å². The van der Waals surface area contributed by atoms with E-state index in [0.29, 0.717) is 23.8 Å². The predicted molar refractivity (Wildman–Crippen MR) is 89.2 cm³/mol. The number of hydrogen-bond donors (Lipinski definition) is 1. The first-order chi connectivity index (χ1) is 10.9. The van der Waals surface area contributed by atoms with Crippen molar-refractivity contribution >= 4 is 17.5 Å². The van der Waals surface area contributed by atoms with Crippen LogP contribution in [0.4, 0.5) is 0 Å². The number of carbonyl (C=O) groups is 1. The van der Waals surface area contributed by atoms with Gasteiger partial charge in [0.25, 0.3) is 5.91 Å². The molecule has 2 N–H and O–H groups in total. The molecular formula is C17H20ClN3O2. The fourth-order valence-corrected chi connectivity index (χ4v) is 3.05. The van der Waals surface area contributed by atoms with Crippen LogP contribution in [-0.2, 0) is 0 Å². The van der Waals surface area contributed by atoms with Crippen LogP contribution < -0.4 is 5.73 Å². The van der Waals surface area contributed by atoms with Crippen LogP contribution >= 0.6 is 11.6 Å². The molecule has 2 aromatic rings. The fraction of sp³-hybridized carbons (Fsp3) is 0.412. The number of hydrogen-bond acceptors (Lipinski definition) is 4. The molecule has 1 aromatic heterocycles. The molecule has 122 valence electrons. The molecule has 1 aromatic carbocycles. The summed E-state index contributed by atoms with van der Waals surface area (Å²) in [5, 5.41) is 4.60. The van der Waals surface area contributed by atoms with Gasteiger partial charge in [-0.1, -0.05) is 42.7 Å². The Morgan fingerprint density at radius 3 is 2.91 bits per heavy atom. The summed E-state index contributed by atoms with van der Waals surface area (Å²) in [5.41, 5.74) is 7.44. The minimum Gasteiger partial charge on any atom is -0.350 e. The van der Waals surface area contributed by atoms with Crippen LogP contribution in [0.3, 0.4) is 0 Å². The molecule has 1 fully saturated rings. The largest absolute Gasteiger partial charge is 0.350 e. The highest BCUT2D eigenvalue weighted by atomic mass is 35.5. The summed E-state index contributed by atoms with van der Waals surface area (Å²) >= 11 is 5.99. The quantitative estimate of drug-likeness (QED) is 0.916. The molecule has 6 heteroatoms.